The van der Waals surface area contributed by atoms with Gasteiger partial charge in [0.05, 0.1) is 12.1 Å². The lowest BCUT2D eigenvalue weighted by Crippen LogP contribution is -2.22. The van der Waals surface area contributed by atoms with Crippen molar-refractivity contribution in [1.82, 2.24) is 5.32 Å². The van der Waals surface area contributed by atoms with Gasteiger partial charge in [-0.25, -0.2) is 0 Å². The van der Waals surface area contributed by atoms with E-state index < -0.39 is 0 Å². The Morgan fingerprint density at radius 2 is 1.70 bits per heavy atom. The van der Waals surface area contributed by atoms with Crippen LogP contribution >= 0.6 is 11.8 Å². The molecule has 0 saturated heterocycles. The van der Waals surface area contributed by atoms with Crippen molar-refractivity contribution in [3.05, 3.63) is 71.8 Å². The first-order valence-corrected chi connectivity index (χ1v) is 7.88. The van der Waals surface area contributed by atoms with Crippen molar-refractivity contribution in [2.45, 2.75) is 19.0 Å². The Morgan fingerprint density at radius 1 is 1.05 bits per heavy atom. The second-order valence-corrected chi connectivity index (χ2v) is 5.96. The van der Waals surface area contributed by atoms with E-state index in [-0.39, 0.29) is 12.1 Å². The zero-order chi connectivity index (χ0) is 13.8. The SMILES string of the molecule is CC(NC1=NC(c2ccccc2)CS1)c1ccccc1. The van der Waals surface area contributed by atoms with Crippen molar-refractivity contribution in [2.75, 3.05) is 5.75 Å². The smallest absolute Gasteiger partial charge is 0.157 e. The number of rotatable bonds is 3. The molecule has 3 heteroatoms. The van der Waals surface area contributed by atoms with Crippen LogP contribution in [-0.4, -0.2) is 10.9 Å². The summed E-state index contributed by atoms with van der Waals surface area (Å²) in [6.07, 6.45) is 0. The van der Waals surface area contributed by atoms with E-state index in [2.05, 4.69) is 60.8 Å². The molecule has 3 rings (SSSR count). The van der Waals surface area contributed by atoms with Crippen LogP contribution in [0.3, 0.4) is 0 Å². The van der Waals surface area contributed by atoms with Crippen molar-refractivity contribution >= 4 is 16.9 Å². The summed E-state index contributed by atoms with van der Waals surface area (Å²) in [4.78, 5) is 4.79. The fraction of sp³-hybridized carbons (Fsp3) is 0.235. The molecule has 0 radical (unpaired) electrons. The van der Waals surface area contributed by atoms with Gasteiger partial charge in [-0.15, -0.1) is 0 Å². The first kappa shape index (κ1) is 13.3. The van der Waals surface area contributed by atoms with E-state index in [1.165, 1.54) is 11.1 Å². The molecular weight excluding hydrogens is 264 g/mol. The fourth-order valence-corrected chi connectivity index (χ4v) is 3.35. The maximum Gasteiger partial charge on any atom is 0.157 e. The molecule has 2 atom stereocenters. The van der Waals surface area contributed by atoms with E-state index in [1.807, 2.05) is 23.9 Å². The Labute approximate surface area is 124 Å². The van der Waals surface area contributed by atoms with Gasteiger partial charge in [-0.3, -0.25) is 4.99 Å². The molecule has 2 aromatic carbocycles. The molecule has 2 nitrogen and oxygen atoms in total. The summed E-state index contributed by atoms with van der Waals surface area (Å²) in [6, 6.07) is 21.6. The molecule has 0 aromatic heterocycles. The van der Waals surface area contributed by atoms with Gasteiger partial charge in [0.2, 0.25) is 0 Å². The predicted molar refractivity (Wildman–Crippen MR) is 87.1 cm³/mol. The molecule has 2 aromatic rings. The van der Waals surface area contributed by atoms with E-state index in [1.54, 1.807) is 0 Å². The Morgan fingerprint density at radius 3 is 2.40 bits per heavy atom. The van der Waals surface area contributed by atoms with Crippen molar-refractivity contribution < 1.29 is 0 Å². The summed E-state index contributed by atoms with van der Waals surface area (Å²) in [6.45, 7) is 2.17. The van der Waals surface area contributed by atoms with Crippen LogP contribution in [0, 0.1) is 0 Å². The van der Waals surface area contributed by atoms with Gasteiger partial charge in [-0.1, -0.05) is 72.4 Å². The predicted octanol–water partition coefficient (Wildman–Crippen LogP) is 4.18. The second-order valence-electron chi connectivity index (χ2n) is 4.95. The number of aliphatic imine (C=N–C) groups is 1. The number of amidine groups is 1. The van der Waals surface area contributed by atoms with Gasteiger partial charge in [-0.05, 0) is 18.1 Å². The zero-order valence-electron chi connectivity index (χ0n) is 11.5. The third kappa shape index (κ3) is 3.05. The zero-order valence-corrected chi connectivity index (χ0v) is 12.3. The minimum absolute atomic E-state index is 0.284. The van der Waals surface area contributed by atoms with Gasteiger partial charge in [-0.2, -0.15) is 0 Å². The maximum atomic E-state index is 4.79. The quantitative estimate of drug-likeness (QED) is 0.913. The Kier molecular flexibility index (Phi) is 4.07. The summed E-state index contributed by atoms with van der Waals surface area (Å²) in [5.74, 6) is 1.02. The van der Waals surface area contributed by atoms with Crippen LogP contribution in [0.15, 0.2) is 65.7 Å². The van der Waals surface area contributed by atoms with Gasteiger partial charge in [0.15, 0.2) is 5.17 Å². The van der Waals surface area contributed by atoms with Crippen LogP contribution in [0.5, 0.6) is 0 Å². The first-order chi connectivity index (χ1) is 9.83. The van der Waals surface area contributed by atoms with Crippen molar-refractivity contribution in [3.63, 3.8) is 0 Å². The minimum Gasteiger partial charge on any atom is -0.358 e. The fourth-order valence-electron chi connectivity index (χ4n) is 2.31. The average molecular weight is 282 g/mol. The molecule has 0 saturated carbocycles. The molecule has 20 heavy (non-hydrogen) atoms. The molecule has 1 aliphatic rings. The number of hydrogen-bond acceptors (Lipinski definition) is 3. The number of thioether (sulfide) groups is 1. The topological polar surface area (TPSA) is 24.4 Å². The Bertz CT molecular complexity index is 580. The lowest BCUT2D eigenvalue weighted by Gasteiger charge is -2.14. The molecule has 0 fully saturated rings. The molecule has 0 bridgehead atoms. The molecule has 0 amide bonds. The molecule has 0 spiro atoms. The summed E-state index contributed by atoms with van der Waals surface area (Å²) < 4.78 is 0. The highest BCUT2D eigenvalue weighted by Crippen LogP contribution is 2.30. The second kappa shape index (κ2) is 6.14. The summed E-state index contributed by atoms with van der Waals surface area (Å²) in [7, 11) is 0. The molecule has 0 aliphatic carbocycles. The third-order valence-electron chi connectivity index (χ3n) is 3.47. The molecular formula is C17H18N2S. The summed E-state index contributed by atoms with van der Waals surface area (Å²) in [5, 5.41) is 4.56. The highest BCUT2D eigenvalue weighted by molar-refractivity contribution is 8.14. The molecule has 102 valence electrons. The van der Waals surface area contributed by atoms with Gasteiger partial charge in [0.1, 0.15) is 0 Å². The maximum absolute atomic E-state index is 4.79. The molecule has 1 N–H and O–H groups in total. The molecule has 1 heterocycles. The van der Waals surface area contributed by atoms with E-state index in [0.29, 0.717) is 0 Å². The van der Waals surface area contributed by atoms with Crippen molar-refractivity contribution in [3.8, 4) is 0 Å². The Hall–Kier alpha value is -1.74. The normalized spacial score (nSPS) is 19.4. The number of hydrogen-bond donors (Lipinski definition) is 1. The van der Waals surface area contributed by atoms with Gasteiger partial charge < -0.3 is 5.32 Å². The van der Waals surface area contributed by atoms with Crippen LogP contribution in [-0.2, 0) is 0 Å². The largest absolute Gasteiger partial charge is 0.358 e. The van der Waals surface area contributed by atoms with E-state index in [4.69, 9.17) is 4.99 Å². The standard InChI is InChI=1S/C17H18N2S/c1-13(14-8-4-2-5-9-14)18-17-19-16(12-20-17)15-10-6-3-7-11-15/h2-11,13,16H,12H2,1H3,(H,18,19). The van der Waals surface area contributed by atoms with Gasteiger partial charge >= 0.3 is 0 Å². The van der Waals surface area contributed by atoms with E-state index in [9.17, 15) is 0 Å². The monoisotopic (exact) mass is 282 g/mol. The molecule has 2 unspecified atom stereocenters. The summed E-state index contributed by atoms with van der Waals surface area (Å²) in [5.41, 5.74) is 2.59. The first-order valence-electron chi connectivity index (χ1n) is 6.90. The molecule has 1 aliphatic heterocycles. The van der Waals surface area contributed by atoms with Crippen molar-refractivity contribution in [1.29, 1.82) is 0 Å². The summed E-state index contributed by atoms with van der Waals surface area (Å²) >= 11 is 1.81. The number of nitrogens with one attached hydrogen (secondary N) is 1. The number of nitrogens with zero attached hydrogens (tertiary/aromatic N) is 1. The van der Waals surface area contributed by atoms with Crippen LogP contribution in [0.2, 0.25) is 0 Å². The van der Waals surface area contributed by atoms with Crippen LogP contribution in [0.25, 0.3) is 0 Å². The lowest BCUT2D eigenvalue weighted by molar-refractivity contribution is 0.717. The van der Waals surface area contributed by atoms with Crippen molar-refractivity contribution in [2.24, 2.45) is 4.99 Å². The van der Waals surface area contributed by atoms with Gasteiger partial charge in [0, 0.05) is 5.75 Å². The Balaban J connectivity index is 1.67. The minimum atomic E-state index is 0.284. The average Bonchev–Trinajstić information content (AvgIpc) is 2.97. The van der Waals surface area contributed by atoms with Crippen LogP contribution in [0.1, 0.15) is 30.1 Å². The highest BCUT2D eigenvalue weighted by atomic mass is 32.2. The lowest BCUT2D eigenvalue weighted by atomic mass is 10.1. The van der Waals surface area contributed by atoms with Gasteiger partial charge in [0.25, 0.3) is 0 Å². The van der Waals surface area contributed by atoms with Crippen LogP contribution < -0.4 is 5.32 Å². The third-order valence-corrected chi connectivity index (χ3v) is 4.45. The van der Waals surface area contributed by atoms with E-state index >= 15 is 0 Å². The number of benzene rings is 2. The highest BCUT2D eigenvalue weighted by Gasteiger charge is 2.20. The van der Waals surface area contributed by atoms with Crippen LogP contribution in [0.4, 0.5) is 0 Å². The van der Waals surface area contributed by atoms with E-state index in [0.717, 1.165) is 10.9 Å².